The summed E-state index contributed by atoms with van der Waals surface area (Å²) in [7, 11) is 0. The van der Waals surface area contributed by atoms with Gasteiger partial charge in [-0.15, -0.1) is 0 Å². The summed E-state index contributed by atoms with van der Waals surface area (Å²) < 4.78 is 11.5. The summed E-state index contributed by atoms with van der Waals surface area (Å²) in [6.45, 7) is 10.4. The van der Waals surface area contributed by atoms with Gasteiger partial charge in [0.1, 0.15) is 0 Å². The molecule has 0 saturated heterocycles. The molecule has 2 heteroatoms. The van der Waals surface area contributed by atoms with E-state index in [0.717, 1.165) is 6.61 Å². The maximum absolute atomic E-state index is 7.00. The van der Waals surface area contributed by atoms with Crippen LogP contribution in [0, 0.1) is 0 Å². The minimum absolute atomic E-state index is 1.09. The normalized spacial score (nSPS) is 12.0. The molecule has 30 heavy (non-hydrogen) atoms. The van der Waals surface area contributed by atoms with Crippen LogP contribution in [0.3, 0.4) is 0 Å². The first kappa shape index (κ1) is 30.8. The first-order valence-electron chi connectivity index (χ1n) is 14.4. The third-order valence-corrected chi connectivity index (χ3v) is 20.0. The van der Waals surface area contributed by atoms with Crippen molar-refractivity contribution in [2.75, 3.05) is 6.61 Å². The molecule has 0 amide bonds. The van der Waals surface area contributed by atoms with Crippen LogP contribution >= 0.6 is 0 Å². The van der Waals surface area contributed by atoms with E-state index in [0.29, 0.717) is 0 Å². The Morgan fingerprint density at radius 2 is 0.700 bits per heavy atom. The molecule has 0 bridgehead atoms. The van der Waals surface area contributed by atoms with Crippen LogP contribution in [0.15, 0.2) is 0 Å². The van der Waals surface area contributed by atoms with E-state index in [-0.39, 0.29) is 0 Å². The number of unbranched alkanes of at least 4 members (excludes halogenated alkanes) is 16. The third-order valence-electron chi connectivity index (χ3n) is 6.86. The van der Waals surface area contributed by atoms with Gasteiger partial charge < -0.3 is 0 Å². The van der Waals surface area contributed by atoms with Crippen molar-refractivity contribution < 1.29 is 3.07 Å². The van der Waals surface area contributed by atoms with Crippen molar-refractivity contribution in [2.45, 2.75) is 169 Å². The molecule has 0 aliphatic carbocycles. The fourth-order valence-corrected chi connectivity index (χ4v) is 17.7. The number of hydrogen-bond acceptors (Lipinski definition) is 1. The fraction of sp³-hybridized carbons (Fsp3) is 1.00. The third kappa shape index (κ3) is 19.4. The van der Waals surface area contributed by atoms with Crippen molar-refractivity contribution in [1.29, 1.82) is 0 Å². The Hall–Kier alpha value is 0.759. The monoisotopic (exact) mass is 532 g/mol. The maximum atomic E-state index is 7.00. The van der Waals surface area contributed by atoms with E-state index in [1.165, 1.54) is 142 Å². The average Bonchev–Trinajstić information content (AvgIpc) is 2.76. The second kappa shape index (κ2) is 24.4. The molecular weight excluding hydrogens is 471 g/mol. The van der Waals surface area contributed by atoms with E-state index < -0.39 is 18.8 Å². The number of rotatable bonds is 25. The molecule has 0 aliphatic rings. The average molecular weight is 531 g/mol. The van der Waals surface area contributed by atoms with Crippen LogP contribution in [0.2, 0.25) is 13.3 Å². The molecule has 0 aromatic heterocycles. The van der Waals surface area contributed by atoms with Gasteiger partial charge in [-0.3, -0.25) is 0 Å². The van der Waals surface area contributed by atoms with Crippen LogP contribution in [0.1, 0.15) is 156 Å². The summed E-state index contributed by atoms with van der Waals surface area (Å²) in [4.78, 5) is 0. The Balaban J connectivity index is 4.51. The van der Waals surface area contributed by atoms with E-state index in [4.69, 9.17) is 3.07 Å². The summed E-state index contributed by atoms with van der Waals surface area (Å²) in [5.74, 6) is 0. The van der Waals surface area contributed by atoms with Crippen molar-refractivity contribution >= 4 is 18.8 Å². The van der Waals surface area contributed by atoms with Crippen molar-refractivity contribution in [3.05, 3.63) is 0 Å². The van der Waals surface area contributed by atoms with Gasteiger partial charge >= 0.3 is 198 Å². The van der Waals surface area contributed by atoms with Crippen molar-refractivity contribution in [2.24, 2.45) is 0 Å². The summed E-state index contributed by atoms with van der Waals surface area (Å²) >= 11 is -2.41. The van der Waals surface area contributed by atoms with E-state index >= 15 is 0 Å². The van der Waals surface area contributed by atoms with E-state index in [1.807, 2.05) is 0 Å². The van der Waals surface area contributed by atoms with Gasteiger partial charge in [0.25, 0.3) is 0 Å². The second-order valence-corrected chi connectivity index (χ2v) is 21.8. The van der Waals surface area contributed by atoms with Gasteiger partial charge in [-0.2, -0.15) is 0 Å². The minimum atomic E-state index is -2.41. The van der Waals surface area contributed by atoms with Crippen LogP contribution in [0.5, 0.6) is 0 Å². The molecule has 1 nitrogen and oxygen atoms in total. The van der Waals surface area contributed by atoms with Gasteiger partial charge in [0.05, 0.1) is 0 Å². The summed E-state index contributed by atoms with van der Waals surface area (Å²) in [6.07, 6.45) is 28.3. The van der Waals surface area contributed by atoms with Gasteiger partial charge in [-0.25, -0.2) is 0 Å². The summed E-state index contributed by atoms with van der Waals surface area (Å²) in [5, 5.41) is 0. The van der Waals surface area contributed by atoms with Crippen LogP contribution in [0.4, 0.5) is 0 Å². The van der Waals surface area contributed by atoms with Gasteiger partial charge in [-0.1, -0.05) is 0 Å². The van der Waals surface area contributed by atoms with Crippen LogP contribution < -0.4 is 0 Å². The molecule has 182 valence electrons. The molecule has 0 atom stereocenters. The summed E-state index contributed by atoms with van der Waals surface area (Å²) in [5.41, 5.74) is 0. The molecule has 0 fully saturated rings. The second-order valence-electron chi connectivity index (χ2n) is 9.94. The zero-order valence-corrected chi connectivity index (χ0v) is 24.7. The zero-order valence-electron chi connectivity index (χ0n) is 21.9. The predicted octanol–water partition coefficient (Wildman–Crippen LogP) is 10.8. The molecule has 0 N–H and O–H groups in total. The van der Waals surface area contributed by atoms with Crippen molar-refractivity contribution in [1.82, 2.24) is 0 Å². The first-order valence-corrected chi connectivity index (χ1v) is 21.6. The van der Waals surface area contributed by atoms with Crippen LogP contribution in [0.25, 0.3) is 0 Å². The standard InChI is InChI=1S/C8H17O.2C8H17.C4H9.Sn/c1-2-3-4-5-6-7-8-9;2*1-3-5-7-8-6-4-2;1-3-4-2;/h2-8H2,1H3;2*1,3-8H2,2H3;1,3-4H2,2H3;/q-1;;;;+1. The van der Waals surface area contributed by atoms with Crippen molar-refractivity contribution in [3.63, 3.8) is 0 Å². The fourth-order valence-electron chi connectivity index (χ4n) is 4.72. The van der Waals surface area contributed by atoms with E-state index in [2.05, 4.69) is 27.7 Å². The topological polar surface area (TPSA) is 9.23 Å². The molecule has 0 saturated carbocycles. The Kier molecular flexibility index (Phi) is 25.0. The summed E-state index contributed by atoms with van der Waals surface area (Å²) in [6, 6.07) is 0. The molecule has 0 unspecified atom stereocenters. The Bertz CT molecular complexity index is 302. The van der Waals surface area contributed by atoms with Gasteiger partial charge in [0.15, 0.2) is 0 Å². The van der Waals surface area contributed by atoms with E-state index in [9.17, 15) is 0 Å². The SMILES string of the molecule is CCCCCCCC[O][Sn]([CH2]CCC)([CH2]CCCCCCC)[CH2]CCCCCCC. The Morgan fingerprint density at radius 3 is 1.13 bits per heavy atom. The zero-order chi connectivity index (χ0) is 22.2. The quantitative estimate of drug-likeness (QED) is 0.0841. The predicted molar refractivity (Wildman–Crippen MR) is 141 cm³/mol. The molecule has 0 aromatic carbocycles. The van der Waals surface area contributed by atoms with Gasteiger partial charge in [0.2, 0.25) is 0 Å². The Morgan fingerprint density at radius 1 is 0.367 bits per heavy atom. The molecule has 0 spiro atoms. The Labute approximate surface area is 197 Å². The molecule has 0 aromatic rings. The molecule has 0 aliphatic heterocycles. The van der Waals surface area contributed by atoms with Crippen molar-refractivity contribution in [3.8, 4) is 0 Å². The van der Waals surface area contributed by atoms with E-state index in [1.54, 1.807) is 0 Å². The van der Waals surface area contributed by atoms with Gasteiger partial charge in [0, 0.05) is 0 Å². The van der Waals surface area contributed by atoms with Crippen LogP contribution in [-0.2, 0) is 3.07 Å². The first-order chi connectivity index (χ1) is 14.7. The van der Waals surface area contributed by atoms with Gasteiger partial charge in [-0.05, 0) is 0 Å². The molecule has 0 heterocycles. The molecular formula is C28H60OSn. The van der Waals surface area contributed by atoms with Crippen LogP contribution in [-0.4, -0.2) is 25.4 Å². The number of hydrogen-bond donors (Lipinski definition) is 0. The molecule has 0 radical (unpaired) electrons. The molecule has 0 rings (SSSR count).